The van der Waals surface area contributed by atoms with Crippen molar-refractivity contribution in [2.75, 3.05) is 24.3 Å². The predicted molar refractivity (Wildman–Crippen MR) is 113 cm³/mol. The van der Waals surface area contributed by atoms with E-state index in [0.717, 1.165) is 22.4 Å². The maximum absolute atomic E-state index is 12.4. The summed E-state index contributed by atoms with van der Waals surface area (Å²) in [4.78, 5) is 36.3. The summed E-state index contributed by atoms with van der Waals surface area (Å²) in [5, 5.41) is 8.53. The Bertz CT molecular complexity index is 904. The van der Waals surface area contributed by atoms with E-state index in [9.17, 15) is 14.4 Å². The second-order valence-electron chi connectivity index (χ2n) is 6.92. The van der Waals surface area contributed by atoms with Gasteiger partial charge in [-0.2, -0.15) is 0 Å². The molecule has 0 spiro atoms. The van der Waals surface area contributed by atoms with E-state index in [1.807, 2.05) is 39.0 Å². The lowest BCUT2D eigenvalue weighted by atomic mass is 10.1. The van der Waals surface area contributed by atoms with Crippen molar-refractivity contribution in [3.8, 4) is 0 Å². The Labute approximate surface area is 170 Å². The van der Waals surface area contributed by atoms with Crippen molar-refractivity contribution >= 4 is 29.2 Å². The van der Waals surface area contributed by atoms with Gasteiger partial charge in [0.2, 0.25) is 11.8 Å². The summed E-state index contributed by atoms with van der Waals surface area (Å²) in [5.74, 6) is -1.08. The third kappa shape index (κ3) is 5.81. The number of hydrogen-bond acceptors (Lipinski definition) is 5. The van der Waals surface area contributed by atoms with Gasteiger partial charge < -0.3 is 20.7 Å². The number of methoxy groups -OCH3 is 1. The Hall–Kier alpha value is -3.35. The van der Waals surface area contributed by atoms with Crippen molar-refractivity contribution in [1.29, 1.82) is 0 Å². The molecule has 0 bridgehead atoms. The second-order valence-corrected chi connectivity index (χ2v) is 6.92. The van der Waals surface area contributed by atoms with Gasteiger partial charge in [-0.3, -0.25) is 9.59 Å². The number of aryl methyl sites for hydroxylation is 3. The van der Waals surface area contributed by atoms with Crippen molar-refractivity contribution < 1.29 is 19.1 Å². The van der Waals surface area contributed by atoms with E-state index in [2.05, 4.69) is 16.0 Å². The molecule has 7 nitrogen and oxygen atoms in total. The van der Waals surface area contributed by atoms with Crippen LogP contribution in [0.15, 0.2) is 36.4 Å². The van der Waals surface area contributed by atoms with Crippen LogP contribution in [0.4, 0.5) is 11.4 Å². The van der Waals surface area contributed by atoms with Crippen LogP contribution in [0, 0.1) is 20.8 Å². The number of carbonyl (C=O) groups excluding carboxylic acids is 3. The van der Waals surface area contributed by atoms with Gasteiger partial charge in [0, 0.05) is 11.4 Å². The first-order valence-corrected chi connectivity index (χ1v) is 9.32. The maximum atomic E-state index is 12.4. The van der Waals surface area contributed by atoms with Gasteiger partial charge in [0.25, 0.3) is 0 Å². The number of para-hydroxylation sites is 1. The van der Waals surface area contributed by atoms with E-state index in [4.69, 9.17) is 4.74 Å². The number of hydrogen-bond donors (Lipinski definition) is 3. The minimum atomic E-state index is -0.602. The molecule has 2 aromatic rings. The number of amides is 2. The highest BCUT2D eigenvalue weighted by atomic mass is 16.5. The van der Waals surface area contributed by atoms with Crippen LogP contribution in [0.1, 0.15) is 34.0 Å². The van der Waals surface area contributed by atoms with Crippen LogP contribution in [0.5, 0.6) is 0 Å². The first-order valence-electron chi connectivity index (χ1n) is 9.32. The summed E-state index contributed by atoms with van der Waals surface area (Å²) in [6, 6.07) is 10.2. The third-order valence-electron chi connectivity index (χ3n) is 4.59. The zero-order valence-corrected chi connectivity index (χ0v) is 17.4. The van der Waals surface area contributed by atoms with Crippen LogP contribution >= 0.6 is 0 Å². The molecule has 0 aliphatic rings. The zero-order valence-electron chi connectivity index (χ0n) is 17.4. The lowest BCUT2D eigenvalue weighted by Crippen LogP contribution is -2.41. The Morgan fingerprint density at radius 2 is 1.66 bits per heavy atom. The fraction of sp³-hybridized carbons (Fsp3) is 0.318. The molecular weight excluding hydrogens is 370 g/mol. The molecule has 2 rings (SSSR count). The lowest BCUT2D eigenvalue weighted by Gasteiger charge is -2.18. The summed E-state index contributed by atoms with van der Waals surface area (Å²) >= 11 is 0. The largest absolute Gasteiger partial charge is 0.465 e. The van der Waals surface area contributed by atoms with E-state index < -0.39 is 12.0 Å². The SMILES string of the molecule is COC(=O)c1ccc(C)c(N[C@@H](C)C(=O)NCC(=O)Nc2c(C)cccc2C)c1. The molecule has 0 saturated carbocycles. The molecule has 0 aliphatic carbocycles. The van der Waals surface area contributed by atoms with Crippen LogP contribution in [-0.2, 0) is 14.3 Å². The molecule has 2 aromatic carbocycles. The number of benzene rings is 2. The highest BCUT2D eigenvalue weighted by Crippen LogP contribution is 2.20. The topological polar surface area (TPSA) is 96.5 Å². The lowest BCUT2D eigenvalue weighted by molar-refractivity contribution is -0.124. The first-order chi connectivity index (χ1) is 13.7. The minimum absolute atomic E-state index is 0.139. The average Bonchev–Trinajstić information content (AvgIpc) is 2.69. The molecule has 0 aliphatic heterocycles. The van der Waals surface area contributed by atoms with Gasteiger partial charge in [0.15, 0.2) is 0 Å². The van der Waals surface area contributed by atoms with Gasteiger partial charge in [-0.1, -0.05) is 24.3 Å². The van der Waals surface area contributed by atoms with Gasteiger partial charge in [-0.25, -0.2) is 4.79 Å². The standard InChI is InChI=1S/C22H27N3O4/c1-13-9-10-17(22(28)29-5)11-18(13)24-16(4)21(27)23-12-19(26)25-20-14(2)7-6-8-15(20)3/h6-11,16,24H,12H2,1-5H3,(H,23,27)(H,25,26)/t16-/m0/s1. The molecule has 3 N–H and O–H groups in total. The Balaban J connectivity index is 1.94. The first kappa shape index (κ1) is 21.9. The van der Waals surface area contributed by atoms with Crippen molar-refractivity contribution in [3.05, 3.63) is 58.7 Å². The molecule has 2 amide bonds. The van der Waals surface area contributed by atoms with Gasteiger partial charge in [0.1, 0.15) is 6.04 Å². The molecule has 0 unspecified atom stereocenters. The number of ether oxygens (including phenoxy) is 1. The number of nitrogens with one attached hydrogen (secondary N) is 3. The summed E-state index contributed by atoms with van der Waals surface area (Å²) < 4.78 is 4.72. The molecule has 0 aromatic heterocycles. The molecule has 0 saturated heterocycles. The van der Waals surface area contributed by atoms with Crippen molar-refractivity contribution in [1.82, 2.24) is 5.32 Å². The second kappa shape index (κ2) is 9.73. The molecular formula is C22H27N3O4. The van der Waals surface area contributed by atoms with Crippen LogP contribution in [0.3, 0.4) is 0 Å². The minimum Gasteiger partial charge on any atom is -0.465 e. The van der Waals surface area contributed by atoms with E-state index in [-0.39, 0.29) is 18.4 Å². The van der Waals surface area contributed by atoms with Crippen molar-refractivity contribution in [2.24, 2.45) is 0 Å². The highest BCUT2D eigenvalue weighted by Gasteiger charge is 2.16. The molecule has 0 fully saturated rings. The monoisotopic (exact) mass is 397 g/mol. The molecule has 1 atom stereocenters. The Morgan fingerprint density at radius 1 is 1.00 bits per heavy atom. The van der Waals surface area contributed by atoms with Crippen molar-refractivity contribution in [2.45, 2.75) is 33.7 Å². The third-order valence-corrected chi connectivity index (χ3v) is 4.59. The van der Waals surface area contributed by atoms with Gasteiger partial charge in [-0.05, 0) is 56.5 Å². The highest BCUT2D eigenvalue weighted by molar-refractivity contribution is 5.97. The smallest absolute Gasteiger partial charge is 0.337 e. The summed E-state index contributed by atoms with van der Waals surface area (Å²) in [7, 11) is 1.31. The fourth-order valence-electron chi connectivity index (χ4n) is 2.84. The average molecular weight is 397 g/mol. The van der Waals surface area contributed by atoms with Crippen LogP contribution < -0.4 is 16.0 Å². The molecule has 7 heteroatoms. The van der Waals surface area contributed by atoms with Gasteiger partial charge in [0.05, 0.1) is 19.2 Å². The van der Waals surface area contributed by atoms with Gasteiger partial charge in [-0.15, -0.1) is 0 Å². The molecule has 29 heavy (non-hydrogen) atoms. The quantitative estimate of drug-likeness (QED) is 0.624. The summed E-state index contributed by atoms with van der Waals surface area (Å²) in [6.45, 7) is 7.24. The Morgan fingerprint density at radius 3 is 2.28 bits per heavy atom. The number of anilines is 2. The molecule has 0 radical (unpaired) electrons. The van der Waals surface area contributed by atoms with E-state index >= 15 is 0 Å². The maximum Gasteiger partial charge on any atom is 0.337 e. The van der Waals surface area contributed by atoms with Gasteiger partial charge >= 0.3 is 5.97 Å². The Kier molecular flexibility index (Phi) is 7.36. The zero-order chi connectivity index (χ0) is 21.6. The van der Waals surface area contributed by atoms with E-state index in [1.54, 1.807) is 25.1 Å². The van der Waals surface area contributed by atoms with Crippen LogP contribution in [0.25, 0.3) is 0 Å². The number of carbonyl (C=O) groups is 3. The van der Waals surface area contributed by atoms with Crippen LogP contribution in [0.2, 0.25) is 0 Å². The van der Waals surface area contributed by atoms with E-state index in [0.29, 0.717) is 11.3 Å². The van der Waals surface area contributed by atoms with Crippen molar-refractivity contribution in [3.63, 3.8) is 0 Å². The summed E-state index contributed by atoms with van der Waals surface area (Å²) in [6.07, 6.45) is 0. The summed E-state index contributed by atoms with van der Waals surface area (Å²) in [5.41, 5.74) is 4.59. The predicted octanol–water partition coefficient (Wildman–Crippen LogP) is 2.95. The number of esters is 1. The molecule has 0 heterocycles. The number of rotatable bonds is 7. The fourth-order valence-corrected chi connectivity index (χ4v) is 2.84. The van der Waals surface area contributed by atoms with E-state index in [1.165, 1.54) is 7.11 Å². The molecule has 154 valence electrons. The van der Waals surface area contributed by atoms with Crippen LogP contribution in [-0.4, -0.2) is 37.5 Å². The normalized spacial score (nSPS) is 11.3.